The number of cyclic esters (lactones) is 1. The average molecular weight is 212 g/mol. The fourth-order valence-electron chi connectivity index (χ4n) is 1.48. The number of aliphatic carboxylic acids is 1. The highest BCUT2D eigenvalue weighted by Gasteiger charge is 2.41. The number of carbonyl (C=O) groups excluding carboxylic acids is 1. The highest BCUT2D eigenvalue weighted by molar-refractivity contribution is 7.10. The predicted octanol–water partition coefficient (Wildman–Crippen LogP) is 1.44. The summed E-state index contributed by atoms with van der Waals surface area (Å²) in [5.74, 6) is -2.15. The van der Waals surface area contributed by atoms with E-state index in [2.05, 4.69) is 0 Å². The Morgan fingerprint density at radius 1 is 1.64 bits per heavy atom. The van der Waals surface area contributed by atoms with Crippen LogP contribution < -0.4 is 0 Å². The lowest BCUT2D eigenvalue weighted by Crippen LogP contribution is -2.16. The molecule has 0 saturated carbocycles. The van der Waals surface area contributed by atoms with Gasteiger partial charge in [-0.15, -0.1) is 11.3 Å². The highest BCUT2D eigenvalue weighted by atomic mass is 32.1. The maximum absolute atomic E-state index is 11.0. The Morgan fingerprint density at radius 2 is 2.43 bits per heavy atom. The summed E-state index contributed by atoms with van der Waals surface area (Å²) in [6.07, 6.45) is -0.627. The van der Waals surface area contributed by atoms with E-state index in [-0.39, 0.29) is 6.42 Å². The van der Waals surface area contributed by atoms with Crippen molar-refractivity contribution in [3.63, 3.8) is 0 Å². The Balaban J connectivity index is 2.26. The van der Waals surface area contributed by atoms with Gasteiger partial charge in [0.05, 0.1) is 6.42 Å². The van der Waals surface area contributed by atoms with Gasteiger partial charge < -0.3 is 9.84 Å². The molecule has 0 bridgehead atoms. The molecule has 1 aromatic rings. The van der Waals surface area contributed by atoms with Gasteiger partial charge >= 0.3 is 11.9 Å². The number of hydrogen-bond donors (Lipinski definition) is 1. The number of carboxylic acids is 1. The Hall–Kier alpha value is -1.36. The van der Waals surface area contributed by atoms with Crippen LogP contribution in [-0.2, 0) is 14.3 Å². The fraction of sp³-hybridized carbons (Fsp3) is 0.333. The molecule has 1 saturated heterocycles. The second-order valence-corrected chi connectivity index (χ2v) is 4.05. The maximum Gasteiger partial charge on any atom is 0.311 e. The topological polar surface area (TPSA) is 63.6 Å². The van der Waals surface area contributed by atoms with Gasteiger partial charge in [-0.25, -0.2) is 0 Å². The summed E-state index contributed by atoms with van der Waals surface area (Å²) < 4.78 is 4.97. The second kappa shape index (κ2) is 3.42. The van der Waals surface area contributed by atoms with E-state index in [1.54, 1.807) is 6.07 Å². The van der Waals surface area contributed by atoms with Crippen LogP contribution in [0.1, 0.15) is 17.4 Å². The van der Waals surface area contributed by atoms with Crippen LogP contribution in [0.25, 0.3) is 0 Å². The molecule has 0 spiro atoms. The molecule has 4 nitrogen and oxygen atoms in total. The van der Waals surface area contributed by atoms with Crippen LogP contribution in [0.2, 0.25) is 0 Å². The van der Waals surface area contributed by atoms with Crippen molar-refractivity contribution in [3.05, 3.63) is 22.4 Å². The smallest absolute Gasteiger partial charge is 0.311 e. The summed E-state index contributed by atoms with van der Waals surface area (Å²) in [5.41, 5.74) is 0. The number of carboxylic acid groups (broad SMARTS) is 1. The molecule has 5 heteroatoms. The molecule has 1 fully saturated rings. The first-order valence-corrected chi connectivity index (χ1v) is 5.02. The van der Waals surface area contributed by atoms with Crippen molar-refractivity contribution < 1.29 is 19.4 Å². The SMILES string of the molecule is O=C1C[C@H](C(=O)O)[C@H](c2cccs2)O1. The molecule has 0 amide bonds. The molecule has 0 radical (unpaired) electrons. The van der Waals surface area contributed by atoms with E-state index in [1.807, 2.05) is 11.4 Å². The summed E-state index contributed by atoms with van der Waals surface area (Å²) in [5, 5.41) is 10.7. The molecular formula is C9H8O4S. The first kappa shape index (κ1) is 9.21. The summed E-state index contributed by atoms with van der Waals surface area (Å²) in [4.78, 5) is 22.6. The number of ether oxygens (including phenoxy) is 1. The van der Waals surface area contributed by atoms with Crippen molar-refractivity contribution in [1.82, 2.24) is 0 Å². The molecule has 0 aliphatic carbocycles. The largest absolute Gasteiger partial charge is 0.481 e. The van der Waals surface area contributed by atoms with Crippen LogP contribution >= 0.6 is 11.3 Å². The monoisotopic (exact) mass is 212 g/mol. The molecule has 1 aliphatic heterocycles. The van der Waals surface area contributed by atoms with Crippen molar-refractivity contribution >= 4 is 23.3 Å². The van der Waals surface area contributed by atoms with Gasteiger partial charge in [-0.1, -0.05) is 6.07 Å². The molecule has 74 valence electrons. The third-order valence-corrected chi connectivity index (χ3v) is 3.09. The van der Waals surface area contributed by atoms with Crippen LogP contribution in [0.4, 0.5) is 0 Å². The second-order valence-electron chi connectivity index (χ2n) is 3.07. The molecule has 1 aromatic heterocycles. The average Bonchev–Trinajstić information content (AvgIpc) is 2.70. The zero-order chi connectivity index (χ0) is 10.1. The number of rotatable bonds is 2. The first-order valence-electron chi connectivity index (χ1n) is 4.14. The third kappa shape index (κ3) is 1.50. The normalized spacial score (nSPS) is 26.1. The number of carbonyl (C=O) groups is 2. The molecule has 0 aromatic carbocycles. The Bertz CT molecular complexity index is 357. The number of esters is 1. The van der Waals surface area contributed by atoms with Crippen molar-refractivity contribution in [3.8, 4) is 0 Å². The van der Waals surface area contributed by atoms with E-state index in [0.29, 0.717) is 0 Å². The van der Waals surface area contributed by atoms with Gasteiger partial charge in [-0.2, -0.15) is 0 Å². The van der Waals surface area contributed by atoms with E-state index >= 15 is 0 Å². The van der Waals surface area contributed by atoms with Crippen molar-refractivity contribution in [2.24, 2.45) is 5.92 Å². The van der Waals surface area contributed by atoms with Crippen LogP contribution in [-0.4, -0.2) is 17.0 Å². The summed E-state index contributed by atoms with van der Waals surface area (Å²) >= 11 is 1.40. The molecule has 2 rings (SSSR count). The molecule has 1 aliphatic rings. The van der Waals surface area contributed by atoms with Gasteiger partial charge in [0, 0.05) is 4.88 Å². The summed E-state index contributed by atoms with van der Waals surface area (Å²) in [7, 11) is 0. The van der Waals surface area contributed by atoms with Crippen LogP contribution in [0, 0.1) is 5.92 Å². The first-order chi connectivity index (χ1) is 6.68. The molecule has 0 unspecified atom stereocenters. The molecular weight excluding hydrogens is 204 g/mol. The molecule has 1 N–H and O–H groups in total. The lowest BCUT2D eigenvalue weighted by atomic mass is 10.0. The van der Waals surface area contributed by atoms with Gasteiger partial charge in [-0.05, 0) is 11.4 Å². The van der Waals surface area contributed by atoms with E-state index in [9.17, 15) is 9.59 Å². The third-order valence-electron chi connectivity index (χ3n) is 2.15. The van der Waals surface area contributed by atoms with Gasteiger partial charge in [0.2, 0.25) is 0 Å². The van der Waals surface area contributed by atoms with E-state index in [1.165, 1.54) is 11.3 Å². The maximum atomic E-state index is 11.0. The lowest BCUT2D eigenvalue weighted by Gasteiger charge is -2.11. The molecule has 14 heavy (non-hydrogen) atoms. The zero-order valence-electron chi connectivity index (χ0n) is 7.17. The van der Waals surface area contributed by atoms with Gasteiger partial charge in [-0.3, -0.25) is 9.59 Å². The van der Waals surface area contributed by atoms with Crippen molar-refractivity contribution in [2.75, 3.05) is 0 Å². The van der Waals surface area contributed by atoms with E-state index in [4.69, 9.17) is 9.84 Å². The van der Waals surface area contributed by atoms with Crippen LogP contribution in [0.5, 0.6) is 0 Å². The number of thiophene rings is 1. The highest BCUT2D eigenvalue weighted by Crippen LogP contribution is 2.37. The Kier molecular flexibility index (Phi) is 2.25. The van der Waals surface area contributed by atoms with Crippen molar-refractivity contribution in [1.29, 1.82) is 0 Å². The van der Waals surface area contributed by atoms with E-state index in [0.717, 1.165) is 4.88 Å². The van der Waals surface area contributed by atoms with Gasteiger partial charge in [0.25, 0.3) is 0 Å². The summed E-state index contributed by atoms with van der Waals surface area (Å²) in [6.45, 7) is 0. The van der Waals surface area contributed by atoms with Crippen LogP contribution in [0.3, 0.4) is 0 Å². The van der Waals surface area contributed by atoms with Gasteiger partial charge in [0.15, 0.2) is 0 Å². The van der Waals surface area contributed by atoms with Crippen molar-refractivity contribution in [2.45, 2.75) is 12.5 Å². The molecule has 2 atom stereocenters. The minimum absolute atomic E-state index is 0.0299. The summed E-state index contributed by atoms with van der Waals surface area (Å²) in [6, 6.07) is 3.59. The minimum Gasteiger partial charge on any atom is -0.481 e. The Labute approximate surface area is 84.1 Å². The molecule has 2 heterocycles. The fourth-order valence-corrected chi connectivity index (χ4v) is 2.30. The van der Waals surface area contributed by atoms with Crippen LogP contribution in [0.15, 0.2) is 17.5 Å². The minimum atomic E-state index is -0.978. The zero-order valence-corrected chi connectivity index (χ0v) is 7.99. The number of hydrogen-bond acceptors (Lipinski definition) is 4. The lowest BCUT2D eigenvalue weighted by molar-refractivity contribution is -0.144. The standard InChI is InChI=1S/C9H8O4S/c10-7-4-5(9(11)12)8(13-7)6-2-1-3-14-6/h1-3,5,8H,4H2,(H,11,12)/t5-,8+/m0/s1. The quantitative estimate of drug-likeness (QED) is 0.753. The van der Waals surface area contributed by atoms with Gasteiger partial charge in [0.1, 0.15) is 12.0 Å². The Morgan fingerprint density at radius 3 is 3.00 bits per heavy atom. The predicted molar refractivity (Wildman–Crippen MR) is 48.9 cm³/mol. The van der Waals surface area contributed by atoms with E-state index < -0.39 is 24.0 Å².